The van der Waals surface area contributed by atoms with Gasteiger partial charge in [0.1, 0.15) is 12.1 Å². The van der Waals surface area contributed by atoms with Crippen molar-refractivity contribution in [1.82, 2.24) is 5.32 Å². The van der Waals surface area contributed by atoms with Crippen LogP contribution in [-0.2, 0) is 25.5 Å². The largest absolute Gasteiger partial charge is 0.479 e. The van der Waals surface area contributed by atoms with Crippen LogP contribution >= 0.6 is 0 Å². The molecule has 3 N–H and O–H groups in total. The summed E-state index contributed by atoms with van der Waals surface area (Å²) < 4.78 is 4.79. The van der Waals surface area contributed by atoms with Crippen LogP contribution in [0.1, 0.15) is 19.4 Å². The number of amides is 1. The van der Waals surface area contributed by atoms with Gasteiger partial charge in [-0.2, -0.15) is 0 Å². The lowest BCUT2D eigenvalue weighted by Crippen LogP contribution is -2.47. The minimum absolute atomic E-state index is 0.129. The Kier molecular flexibility index (Phi) is 6.52. The lowest BCUT2D eigenvalue weighted by Gasteiger charge is -2.20. The number of nitrogens with one attached hydrogen (secondary N) is 1. The van der Waals surface area contributed by atoms with E-state index in [1.54, 1.807) is 30.3 Å². The molecular weight excluding hydrogens is 290 g/mol. The van der Waals surface area contributed by atoms with Crippen molar-refractivity contribution in [2.75, 3.05) is 0 Å². The number of hydrogen-bond donors (Lipinski definition) is 3. The molecule has 1 rings (SSSR count). The molecule has 7 nitrogen and oxygen atoms in total. The molecule has 0 fully saturated rings. The molecule has 0 aromatic heterocycles. The van der Waals surface area contributed by atoms with Crippen LogP contribution in [0.5, 0.6) is 0 Å². The summed E-state index contributed by atoms with van der Waals surface area (Å²) in [4.78, 5) is 34.4. The van der Waals surface area contributed by atoms with Gasteiger partial charge in [-0.25, -0.2) is 9.59 Å². The monoisotopic (exact) mass is 309 g/mol. The maximum Gasteiger partial charge on any atom is 0.344 e. The first-order valence-corrected chi connectivity index (χ1v) is 6.77. The first kappa shape index (κ1) is 17.6. The topological polar surface area (TPSA) is 113 Å². The van der Waals surface area contributed by atoms with Crippen LogP contribution in [0.4, 0.5) is 0 Å². The van der Waals surface area contributed by atoms with Gasteiger partial charge in [0.15, 0.2) is 6.10 Å². The van der Waals surface area contributed by atoms with Crippen molar-refractivity contribution >= 4 is 17.8 Å². The molecule has 3 atom stereocenters. The molecule has 1 aromatic rings. The number of carbonyl (C=O) groups excluding carboxylic acids is 2. The van der Waals surface area contributed by atoms with Crippen molar-refractivity contribution in [3.8, 4) is 0 Å². The van der Waals surface area contributed by atoms with Crippen LogP contribution in [0.3, 0.4) is 0 Å². The SMILES string of the molecule is C[C@H](O)C(=O)N[C@H](Cc1ccccc1)C(=O)O[C@@H](C)C(=O)O. The standard InChI is InChI=1S/C15H19NO6/c1-9(17)13(18)16-12(8-11-6-4-3-5-7-11)15(21)22-10(2)14(19)20/h3-7,9-10,12,17H,8H2,1-2H3,(H,16,18)(H,19,20)/t9-,10-,12+/m0/s1. The fraction of sp³-hybridized carbons (Fsp3) is 0.400. The highest BCUT2D eigenvalue weighted by atomic mass is 16.6. The van der Waals surface area contributed by atoms with Gasteiger partial charge in [-0.05, 0) is 19.4 Å². The first-order valence-electron chi connectivity index (χ1n) is 6.77. The van der Waals surface area contributed by atoms with E-state index in [1.165, 1.54) is 13.8 Å². The fourth-order valence-electron chi connectivity index (χ4n) is 1.64. The number of aliphatic hydroxyl groups excluding tert-OH is 1. The molecule has 0 unspecified atom stereocenters. The predicted molar refractivity (Wildman–Crippen MR) is 76.9 cm³/mol. The van der Waals surface area contributed by atoms with E-state index in [0.717, 1.165) is 5.56 Å². The number of carboxylic acids is 1. The summed E-state index contributed by atoms with van der Waals surface area (Å²) in [6, 6.07) is 7.79. The van der Waals surface area contributed by atoms with E-state index >= 15 is 0 Å². The van der Waals surface area contributed by atoms with Gasteiger partial charge in [-0.15, -0.1) is 0 Å². The van der Waals surface area contributed by atoms with Crippen molar-refractivity contribution in [2.24, 2.45) is 0 Å². The van der Waals surface area contributed by atoms with Crippen LogP contribution < -0.4 is 5.32 Å². The Bertz CT molecular complexity index is 528. The Morgan fingerprint density at radius 1 is 1.18 bits per heavy atom. The number of carbonyl (C=O) groups is 3. The molecule has 0 bridgehead atoms. The lowest BCUT2D eigenvalue weighted by molar-refractivity contribution is -0.164. The molecule has 7 heteroatoms. The van der Waals surface area contributed by atoms with Crippen LogP contribution in [0.15, 0.2) is 30.3 Å². The van der Waals surface area contributed by atoms with Crippen molar-refractivity contribution < 1.29 is 29.3 Å². The van der Waals surface area contributed by atoms with Crippen LogP contribution in [0, 0.1) is 0 Å². The van der Waals surface area contributed by atoms with E-state index in [0.29, 0.717) is 0 Å². The molecule has 0 aliphatic carbocycles. The molecule has 22 heavy (non-hydrogen) atoms. The summed E-state index contributed by atoms with van der Waals surface area (Å²) in [5.41, 5.74) is 0.762. The molecule has 0 radical (unpaired) electrons. The molecular formula is C15H19NO6. The van der Waals surface area contributed by atoms with Gasteiger partial charge >= 0.3 is 11.9 Å². The molecule has 0 spiro atoms. The first-order chi connectivity index (χ1) is 10.3. The van der Waals surface area contributed by atoms with E-state index in [2.05, 4.69) is 5.32 Å². The zero-order valence-corrected chi connectivity index (χ0v) is 12.4. The highest BCUT2D eigenvalue weighted by molar-refractivity contribution is 5.87. The number of rotatable bonds is 7. The fourth-order valence-corrected chi connectivity index (χ4v) is 1.64. The van der Waals surface area contributed by atoms with E-state index in [9.17, 15) is 19.5 Å². The molecule has 0 heterocycles. The molecule has 120 valence electrons. The Balaban J connectivity index is 2.83. The summed E-state index contributed by atoms with van der Waals surface area (Å²) in [5.74, 6) is -2.89. The summed E-state index contributed by atoms with van der Waals surface area (Å²) in [5, 5.41) is 20.4. The molecule has 0 saturated carbocycles. The number of carboxylic acid groups (broad SMARTS) is 1. The number of aliphatic hydroxyl groups is 1. The molecule has 1 amide bonds. The highest BCUT2D eigenvalue weighted by Crippen LogP contribution is 2.06. The smallest absolute Gasteiger partial charge is 0.344 e. The molecule has 0 aliphatic heterocycles. The number of esters is 1. The summed E-state index contributed by atoms with van der Waals surface area (Å²) in [6.07, 6.45) is -2.48. The van der Waals surface area contributed by atoms with Crippen LogP contribution in [-0.4, -0.2) is 46.3 Å². The van der Waals surface area contributed by atoms with Gasteiger partial charge in [0.25, 0.3) is 0 Å². The average Bonchev–Trinajstić information content (AvgIpc) is 2.47. The van der Waals surface area contributed by atoms with Crippen LogP contribution in [0.25, 0.3) is 0 Å². The van der Waals surface area contributed by atoms with E-state index in [-0.39, 0.29) is 6.42 Å². The Hall–Kier alpha value is -2.41. The normalized spacial score (nSPS) is 14.5. The molecule has 0 aliphatic rings. The zero-order valence-electron chi connectivity index (χ0n) is 12.4. The van der Waals surface area contributed by atoms with Crippen LogP contribution in [0.2, 0.25) is 0 Å². The van der Waals surface area contributed by atoms with Gasteiger partial charge in [0, 0.05) is 6.42 Å². The number of benzene rings is 1. The second kappa shape index (κ2) is 8.14. The van der Waals surface area contributed by atoms with Crippen molar-refractivity contribution in [2.45, 2.75) is 38.5 Å². The summed E-state index contributed by atoms with van der Waals surface area (Å²) >= 11 is 0. The molecule has 1 aromatic carbocycles. The quantitative estimate of drug-likeness (QED) is 0.616. The van der Waals surface area contributed by atoms with Crippen molar-refractivity contribution in [1.29, 1.82) is 0 Å². The second-order valence-electron chi connectivity index (χ2n) is 4.84. The maximum atomic E-state index is 12.0. The minimum Gasteiger partial charge on any atom is -0.479 e. The van der Waals surface area contributed by atoms with Gasteiger partial charge in [-0.3, -0.25) is 4.79 Å². The predicted octanol–water partition coefficient (Wildman–Crippen LogP) is 0.111. The van der Waals surface area contributed by atoms with E-state index in [4.69, 9.17) is 9.84 Å². The third-order valence-electron chi connectivity index (χ3n) is 2.90. The highest BCUT2D eigenvalue weighted by Gasteiger charge is 2.27. The zero-order chi connectivity index (χ0) is 16.7. The minimum atomic E-state index is -1.32. The Morgan fingerprint density at radius 2 is 1.77 bits per heavy atom. The average molecular weight is 309 g/mol. The van der Waals surface area contributed by atoms with Gasteiger partial charge in [0.05, 0.1) is 0 Å². The van der Waals surface area contributed by atoms with Gasteiger partial charge in [0.2, 0.25) is 5.91 Å². The maximum absolute atomic E-state index is 12.0. The van der Waals surface area contributed by atoms with Crippen molar-refractivity contribution in [3.63, 3.8) is 0 Å². The third-order valence-corrected chi connectivity index (χ3v) is 2.90. The van der Waals surface area contributed by atoms with Gasteiger partial charge in [-0.1, -0.05) is 30.3 Å². The van der Waals surface area contributed by atoms with Crippen molar-refractivity contribution in [3.05, 3.63) is 35.9 Å². The number of aliphatic carboxylic acids is 1. The second-order valence-corrected chi connectivity index (χ2v) is 4.84. The lowest BCUT2D eigenvalue weighted by atomic mass is 10.1. The van der Waals surface area contributed by atoms with E-state index in [1.807, 2.05) is 0 Å². The Labute approximate surface area is 127 Å². The number of ether oxygens (including phenoxy) is 1. The summed E-state index contributed by atoms with van der Waals surface area (Å²) in [7, 11) is 0. The number of hydrogen-bond acceptors (Lipinski definition) is 5. The summed E-state index contributed by atoms with van der Waals surface area (Å²) in [6.45, 7) is 2.48. The Morgan fingerprint density at radius 3 is 2.27 bits per heavy atom. The third kappa shape index (κ3) is 5.53. The molecule has 0 saturated heterocycles. The van der Waals surface area contributed by atoms with Gasteiger partial charge < -0.3 is 20.3 Å². The van der Waals surface area contributed by atoms with E-state index < -0.39 is 36.1 Å².